The van der Waals surface area contributed by atoms with Crippen LogP contribution in [0.1, 0.15) is 5.69 Å². The fourth-order valence-corrected chi connectivity index (χ4v) is 5.29. The Labute approximate surface area is 166 Å². The van der Waals surface area contributed by atoms with Gasteiger partial charge >= 0.3 is 0 Å². The number of nitrogens with zero attached hydrogens (tertiary/aromatic N) is 2. The monoisotopic (exact) mass is 378 g/mol. The van der Waals surface area contributed by atoms with Gasteiger partial charge in [0.25, 0.3) is 0 Å². The average Bonchev–Trinajstić information content (AvgIpc) is 3.26. The van der Waals surface area contributed by atoms with Crippen LogP contribution in [0.4, 0.5) is 0 Å². The average molecular weight is 379 g/mol. The molecule has 6 aromatic rings. The molecule has 0 bridgehead atoms. The van der Waals surface area contributed by atoms with E-state index in [9.17, 15) is 0 Å². The van der Waals surface area contributed by atoms with Gasteiger partial charge in [0.15, 0.2) is 0 Å². The summed E-state index contributed by atoms with van der Waals surface area (Å²) in [5.41, 5.74) is 2.34. The smallest absolute Gasteiger partial charge is 0.139 e. The number of aryl methyl sites for hydroxylation is 1. The second-order valence-electron chi connectivity index (χ2n) is 7.45. The van der Waals surface area contributed by atoms with Gasteiger partial charge in [-0.05, 0) is 64.9 Å². The normalized spacial score (nSPS) is 11.9. The van der Waals surface area contributed by atoms with Crippen molar-refractivity contribution in [1.29, 1.82) is 0 Å². The number of hydrogen-bond acceptors (Lipinski definition) is 2. The van der Waals surface area contributed by atoms with E-state index in [1.807, 2.05) is 17.5 Å². The van der Waals surface area contributed by atoms with E-state index in [0.29, 0.717) is 0 Å². The molecule has 0 aliphatic carbocycles. The van der Waals surface area contributed by atoms with Crippen molar-refractivity contribution in [3.05, 3.63) is 78.6 Å². The first-order valence-corrected chi connectivity index (χ1v) is 10.3. The fraction of sp³-hybridized carbons (Fsp3) is 0.0800. The Morgan fingerprint density at radius 2 is 1.57 bits per heavy atom. The van der Waals surface area contributed by atoms with Gasteiger partial charge in [-0.2, -0.15) is 0 Å². The van der Waals surface area contributed by atoms with Gasteiger partial charge in [-0.25, -0.2) is 4.98 Å². The van der Waals surface area contributed by atoms with Crippen LogP contribution in [-0.4, -0.2) is 9.55 Å². The van der Waals surface area contributed by atoms with Crippen LogP contribution in [-0.2, 0) is 7.05 Å². The molecule has 0 aliphatic rings. The van der Waals surface area contributed by atoms with Crippen molar-refractivity contribution in [2.24, 2.45) is 7.05 Å². The third-order valence-electron chi connectivity index (χ3n) is 5.80. The molecule has 2 aromatic heterocycles. The second-order valence-corrected chi connectivity index (χ2v) is 8.54. The van der Waals surface area contributed by atoms with Crippen LogP contribution in [0, 0.1) is 6.92 Å². The van der Waals surface area contributed by atoms with E-state index in [1.54, 1.807) is 0 Å². The Balaban J connectivity index is 1.73. The summed E-state index contributed by atoms with van der Waals surface area (Å²) < 4.78 is 4.82. The van der Waals surface area contributed by atoms with E-state index in [0.717, 1.165) is 5.82 Å². The molecule has 4 aromatic carbocycles. The van der Waals surface area contributed by atoms with E-state index in [2.05, 4.69) is 90.3 Å². The molecule has 0 N–H and O–H groups in total. The molecular weight excluding hydrogens is 360 g/mol. The molecule has 0 unspecified atom stereocenters. The van der Waals surface area contributed by atoms with E-state index in [1.165, 1.54) is 53.0 Å². The Hall–Kier alpha value is -3.17. The number of hydrogen-bond donors (Lipinski definition) is 0. The number of imidazole rings is 1. The molecule has 2 nitrogen and oxygen atoms in total. The fourth-order valence-electron chi connectivity index (χ4n) is 4.19. The van der Waals surface area contributed by atoms with Crippen molar-refractivity contribution in [3.63, 3.8) is 0 Å². The number of rotatable bonds is 1. The number of thiophene rings is 1. The van der Waals surface area contributed by atoms with Gasteiger partial charge in [0, 0.05) is 44.7 Å². The molecule has 28 heavy (non-hydrogen) atoms. The SMILES string of the molecule is Cc1cnc(-c2ccc3sc4ccc5cc6ccccc6cc5c4c3c2)n1C. The predicted molar refractivity (Wildman–Crippen MR) is 121 cm³/mol. The van der Waals surface area contributed by atoms with Crippen LogP contribution < -0.4 is 0 Å². The zero-order chi connectivity index (χ0) is 18.8. The first-order chi connectivity index (χ1) is 13.7. The van der Waals surface area contributed by atoms with Gasteiger partial charge in [0.2, 0.25) is 0 Å². The van der Waals surface area contributed by atoms with Crippen LogP contribution in [0.25, 0.3) is 53.1 Å². The van der Waals surface area contributed by atoms with Gasteiger partial charge in [0.1, 0.15) is 5.82 Å². The van der Waals surface area contributed by atoms with Crippen LogP contribution in [0.2, 0.25) is 0 Å². The minimum absolute atomic E-state index is 1.02. The molecular formula is C25H18N2S. The molecule has 2 heterocycles. The largest absolute Gasteiger partial charge is 0.331 e. The van der Waals surface area contributed by atoms with Crippen molar-refractivity contribution in [2.75, 3.05) is 0 Å². The van der Waals surface area contributed by atoms with Crippen LogP contribution in [0.5, 0.6) is 0 Å². The number of benzene rings is 4. The van der Waals surface area contributed by atoms with Gasteiger partial charge < -0.3 is 4.57 Å². The summed E-state index contributed by atoms with van der Waals surface area (Å²) in [7, 11) is 2.08. The number of fused-ring (bicyclic) bond motifs is 6. The lowest BCUT2D eigenvalue weighted by atomic mass is 9.99. The summed E-state index contributed by atoms with van der Waals surface area (Å²) in [5, 5.41) is 7.88. The van der Waals surface area contributed by atoms with Gasteiger partial charge in [-0.3, -0.25) is 0 Å². The van der Waals surface area contributed by atoms with Gasteiger partial charge in [-0.1, -0.05) is 30.3 Å². The molecule has 0 spiro atoms. The maximum atomic E-state index is 4.63. The van der Waals surface area contributed by atoms with Crippen LogP contribution >= 0.6 is 11.3 Å². The summed E-state index contributed by atoms with van der Waals surface area (Å²) in [4.78, 5) is 4.63. The third-order valence-corrected chi connectivity index (χ3v) is 6.93. The Morgan fingerprint density at radius 1 is 0.786 bits per heavy atom. The van der Waals surface area contributed by atoms with Crippen LogP contribution in [0.15, 0.2) is 72.9 Å². The highest BCUT2D eigenvalue weighted by molar-refractivity contribution is 7.26. The molecule has 0 fully saturated rings. The third kappa shape index (κ3) is 2.17. The summed E-state index contributed by atoms with van der Waals surface area (Å²) >= 11 is 1.87. The quantitative estimate of drug-likeness (QED) is 0.280. The van der Waals surface area contributed by atoms with Crippen molar-refractivity contribution >= 4 is 53.1 Å². The van der Waals surface area contributed by atoms with Gasteiger partial charge in [-0.15, -0.1) is 11.3 Å². The van der Waals surface area contributed by atoms with Crippen molar-refractivity contribution in [3.8, 4) is 11.4 Å². The summed E-state index contributed by atoms with van der Waals surface area (Å²) in [5.74, 6) is 1.02. The molecule has 0 atom stereocenters. The second kappa shape index (κ2) is 5.66. The zero-order valence-electron chi connectivity index (χ0n) is 15.7. The molecule has 3 heteroatoms. The molecule has 0 radical (unpaired) electrons. The van der Waals surface area contributed by atoms with E-state index in [-0.39, 0.29) is 0 Å². The first-order valence-electron chi connectivity index (χ1n) is 9.45. The Morgan fingerprint density at radius 3 is 2.36 bits per heavy atom. The highest BCUT2D eigenvalue weighted by Gasteiger charge is 2.13. The predicted octanol–water partition coefficient (Wildman–Crippen LogP) is 7.07. The van der Waals surface area contributed by atoms with E-state index >= 15 is 0 Å². The molecule has 0 amide bonds. The van der Waals surface area contributed by atoms with Crippen molar-refractivity contribution in [1.82, 2.24) is 9.55 Å². The summed E-state index contributed by atoms with van der Waals surface area (Å²) in [6.45, 7) is 2.09. The Bertz CT molecular complexity index is 1530. The maximum absolute atomic E-state index is 4.63. The lowest BCUT2D eigenvalue weighted by Crippen LogP contribution is -1.94. The molecule has 0 aliphatic heterocycles. The lowest BCUT2D eigenvalue weighted by molar-refractivity contribution is 0.884. The highest BCUT2D eigenvalue weighted by atomic mass is 32.1. The zero-order valence-corrected chi connectivity index (χ0v) is 16.5. The minimum Gasteiger partial charge on any atom is -0.331 e. The lowest BCUT2D eigenvalue weighted by Gasteiger charge is -2.06. The molecule has 0 saturated carbocycles. The van der Waals surface area contributed by atoms with Crippen molar-refractivity contribution < 1.29 is 0 Å². The van der Waals surface area contributed by atoms with Gasteiger partial charge in [0.05, 0.1) is 0 Å². The number of aromatic nitrogens is 2. The maximum Gasteiger partial charge on any atom is 0.139 e. The summed E-state index contributed by atoms with van der Waals surface area (Å²) in [6.07, 6.45) is 1.94. The standard InChI is InChI=1S/C25H18N2S/c1-15-14-26-25(27(15)2)19-8-9-22-21(13-19)24-20-12-17-6-4-3-5-16(17)11-18(20)7-10-23(24)28-22/h3-14H,1-2H3. The van der Waals surface area contributed by atoms with Crippen molar-refractivity contribution in [2.45, 2.75) is 6.92 Å². The topological polar surface area (TPSA) is 17.8 Å². The first kappa shape index (κ1) is 15.8. The van der Waals surface area contributed by atoms with E-state index < -0.39 is 0 Å². The molecule has 0 saturated heterocycles. The van der Waals surface area contributed by atoms with Crippen LogP contribution in [0.3, 0.4) is 0 Å². The van der Waals surface area contributed by atoms with E-state index in [4.69, 9.17) is 0 Å². The molecule has 6 rings (SSSR count). The minimum atomic E-state index is 1.02. The highest BCUT2D eigenvalue weighted by Crippen LogP contribution is 2.41. The summed E-state index contributed by atoms with van der Waals surface area (Å²) in [6, 6.07) is 24.5. The Kier molecular flexibility index (Phi) is 3.21. The molecule has 134 valence electrons.